The van der Waals surface area contributed by atoms with E-state index in [9.17, 15) is 9.18 Å². The average Bonchev–Trinajstić information content (AvgIpc) is 2.77. The molecule has 0 saturated heterocycles. The summed E-state index contributed by atoms with van der Waals surface area (Å²) in [6.45, 7) is 0.128. The lowest BCUT2D eigenvalue weighted by Crippen LogP contribution is -2.23. The molecule has 0 aliphatic carbocycles. The van der Waals surface area contributed by atoms with E-state index in [0.717, 1.165) is 0 Å². The number of pyridine rings is 1. The van der Waals surface area contributed by atoms with Gasteiger partial charge in [-0.05, 0) is 24.3 Å². The highest BCUT2D eigenvalue weighted by molar-refractivity contribution is 6.14. The van der Waals surface area contributed by atoms with E-state index in [-0.39, 0.29) is 18.2 Å². The van der Waals surface area contributed by atoms with Gasteiger partial charge in [-0.15, -0.1) is 0 Å². The van der Waals surface area contributed by atoms with Crippen LogP contribution in [0.1, 0.15) is 27.0 Å². The molecule has 0 unspecified atom stereocenters. The van der Waals surface area contributed by atoms with Crippen LogP contribution in [0.2, 0.25) is 0 Å². The molecule has 0 bridgehead atoms. The third-order valence-corrected chi connectivity index (χ3v) is 4.49. The van der Waals surface area contributed by atoms with Crippen molar-refractivity contribution < 1.29 is 18.7 Å². The minimum atomic E-state index is -0.441. The van der Waals surface area contributed by atoms with E-state index in [0.29, 0.717) is 39.4 Å². The van der Waals surface area contributed by atoms with Gasteiger partial charge < -0.3 is 20.5 Å². The number of hydrogen-bond donors (Lipinski definition) is 3. The zero-order chi connectivity index (χ0) is 21.7. The Bertz CT molecular complexity index is 1100. The van der Waals surface area contributed by atoms with E-state index >= 15 is 0 Å². The van der Waals surface area contributed by atoms with E-state index in [1.165, 1.54) is 44.8 Å². The number of amides is 1. The summed E-state index contributed by atoms with van der Waals surface area (Å²) < 4.78 is 24.0. The number of nitrogen functional groups attached to an aromatic ring is 1. The number of aromatic nitrogens is 1. The predicted molar refractivity (Wildman–Crippen MR) is 112 cm³/mol. The Morgan fingerprint density at radius 3 is 2.63 bits per heavy atom. The number of rotatable bonds is 7. The molecule has 0 radical (unpaired) electrons. The molecule has 7 nitrogen and oxygen atoms in total. The van der Waals surface area contributed by atoms with Crippen LogP contribution in [-0.4, -0.2) is 30.8 Å². The normalized spacial score (nSPS) is 10.4. The third-order valence-electron chi connectivity index (χ3n) is 4.49. The Hall–Kier alpha value is -3.94. The number of methoxy groups -OCH3 is 2. The number of nitrogens with one attached hydrogen (secondary N) is 2. The lowest BCUT2D eigenvalue weighted by atomic mass is 9.98. The van der Waals surface area contributed by atoms with Crippen molar-refractivity contribution in [1.29, 1.82) is 5.41 Å². The first-order valence-electron chi connectivity index (χ1n) is 9.01. The molecule has 3 rings (SSSR count). The number of anilines is 1. The first kappa shape index (κ1) is 20.8. The highest BCUT2D eigenvalue weighted by atomic mass is 19.1. The second kappa shape index (κ2) is 9.04. The molecule has 1 amide bonds. The third kappa shape index (κ3) is 4.54. The van der Waals surface area contributed by atoms with Gasteiger partial charge in [0, 0.05) is 41.2 Å². The summed E-state index contributed by atoms with van der Waals surface area (Å²) in [5, 5.41) is 11.2. The standard InChI is InChI=1S/C22H21FN4O3/c1-29-17-7-15(10-26-12-17)22(28)27-11-14-8-18(19(24)9-20(14)30-2)21(25)13-4-3-5-16(23)6-13/h3-10,12,25H,11,24H2,1-2H3,(H,27,28). The highest BCUT2D eigenvalue weighted by Crippen LogP contribution is 2.27. The fraction of sp³-hybridized carbons (Fsp3) is 0.136. The van der Waals surface area contributed by atoms with Crippen molar-refractivity contribution in [1.82, 2.24) is 10.3 Å². The van der Waals surface area contributed by atoms with Gasteiger partial charge >= 0.3 is 0 Å². The largest absolute Gasteiger partial charge is 0.496 e. The van der Waals surface area contributed by atoms with Gasteiger partial charge in [0.25, 0.3) is 5.91 Å². The van der Waals surface area contributed by atoms with Crippen LogP contribution in [0.3, 0.4) is 0 Å². The molecular formula is C22H21FN4O3. The molecule has 154 valence electrons. The van der Waals surface area contributed by atoms with Crippen LogP contribution in [-0.2, 0) is 6.54 Å². The van der Waals surface area contributed by atoms with Crippen molar-refractivity contribution in [2.45, 2.75) is 6.54 Å². The number of hydrogen-bond acceptors (Lipinski definition) is 6. The Kier molecular flexibility index (Phi) is 6.26. The van der Waals surface area contributed by atoms with Crippen molar-refractivity contribution in [3.63, 3.8) is 0 Å². The average molecular weight is 408 g/mol. The molecule has 0 fully saturated rings. The SMILES string of the molecule is COc1cncc(C(=O)NCc2cc(C(=N)c3cccc(F)c3)c(N)cc2OC)c1. The smallest absolute Gasteiger partial charge is 0.253 e. The lowest BCUT2D eigenvalue weighted by molar-refractivity contribution is 0.0950. The van der Waals surface area contributed by atoms with Gasteiger partial charge in [0.1, 0.15) is 17.3 Å². The predicted octanol–water partition coefficient (Wildman–Crippen LogP) is 3.17. The number of ether oxygens (including phenoxy) is 2. The van der Waals surface area contributed by atoms with Gasteiger partial charge in [-0.25, -0.2) is 4.39 Å². The number of halogens is 1. The molecule has 8 heteroatoms. The number of benzene rings is 2. The molecule has 1 heterocycles. The van der Waals surface area contributed by atoms with Gasteiger partial charge in [-0.2, -0.15) is 0 Å². The zero-order valence-electron chi connectivity index (χ0n) is 16.5. The van der Waals surface area contributed by atoms with Crippen LogP contribution in [0.15, 0.2) is 54.9 Å². The van der Waals surface area contributed by atoms with Gasteiger partial charge in [-0.1, -0.05) is 12.1 Å². The Labute approximate surface area is 173 Å². The van der Waals surface area contributed by atoms with Gasteiger partial charge in [0.05, 0.1) is 31.7 Å². The maximum atomic E-state index is 13.6. The summed E-state index contributed by atoms with van der Waals surface area (Å²) in [6, 6.07) is 10.6. The van der Waals surface area contributed by atoms with E-state index < -0.39 is 5.82 Å². The van der Waals surface area contributed by atoms with Gasteiger partial charge in [-0.3, -0.25) is 15.2 Å². The quantitative estimate of drug-likeness (QED) is 0.411. The van der Waals surface area contributed by atoms with Crippen LogP contribution in [0, 0.1) is 11.2 Å². The fourth-order valence-electron chi connectivity index (χ4n) is 2.92. The zero-order valence-corrected chi connectivity index (χ0v) is 16.5. The van der Waals surface area contributed by atoms with Gasteiger partial charge in [0.2, 0.25) is 0 Å². The fourth-order valence-corrected chi connectivity index (χ4v) is 2.92. The summed E-state index contributed by atoms with van der Waals surface area (Å²) >= 11 is 0. The van der Waals surface area contributed by atoms with Crippen molar-refractivity contribution >= 4 is 17.3 Å². The van der Waals surface area contributed by atoms with Crippen molar-refractivity contribution in [3.05, 3.63) is 82.9 Å². The van der Waals surface area contributed by atoms with Crippen molar-refractivity contribution in [2.24, 2.45) is 0 Å². The number of carbonyl (C=O) groups is 1. The minimum absolute atomic E-state index is 0.0687. The first-order valence-corrected chi connectivity index (χ1v) is 9.01. The van der Waals surface area contributed by atoms with Crippen LogP contribution < -0.4 is 20.5 Å². The van der Waals surface area contributed by atoms with Crippen molar-refractivity contribution in [2.75, 3.05) is 20.0 Å². The van der Waals surface area contributed by atoms with E-state index in [2.05, 4.69) is 10.3 Å². The summed E-state index contributed by atoms with van der Waals surface area (Å²) in [6.07, 6.45) is 2.94. The Balaban J connectivity index is 1.86. The minimum Gasteiger partial charge on any atom is -0.496 e. The number of nitrogens with two attached hydrogens (primary N) is 1. The maximum Gasteiger partial charge on any atom is 0.253 e. The molecule has 0 spiro atoms. The first-order chi connectivity index (χ1) is 14.4. The number of nitrogens with zero attached hydrogens (tertiary/aromatic N) is 1. The molecule has 4 N–H and O–H groups in total. The maximum absolute atomic E-state index is 13.6. The monoisotopic (exact) mass is 408 g/mol. The van der Waals surface area contributed by atoms with Crippen LogP contribution in [0.4, 0.5) is 10.1 Å². The molecule has 3 aromatic rings. The van der Waals surface area contributed by atoms with E-state index in [1.807, 2.05) is 0 Å². The van der Waals surface area contributed by atoms with Crippen molar-refractivity contribution in [3.8, 4) is 11.5 Å². The molecule has 0 saturated carbocycles. The summed E-state index contributed by atoms with van der Waals surface area (Å²) in [4.78, 5) is 16.4. The Morgan fingerprint density at radius 2 is 1.93 bits per heavy atom. The van der Waals surface area contributed by atoms with E-state index in [4.69, 9.17) is 20.6 Å². The lowest BCUT2D eigenvalue weighted by Gasteiger charge is -2.15. The molecule has 0 atom stereocenters. The second-order valence-corrected chi connectivity index (χ2v) is 6.43. The second-order valence-electron chi connectivity index (χ2n) is 6.43. The molecule has 1 aromatic heterocycles. The van der Waals surface area contributed by atoms with Gasteiger partial charge in [0.15, 0.2) is 0 Å². The Morgan fingerprint density at radius 1 is 1.13 bits per heavy atom. The number of carbonyl (C=O) groups excluding carboxylic acids is 1. The summed E-state index contributed by atoms with van der Waals surface area (Å²) in [7, 11) is 2.98. The highest BCUT2D eigenvalue weighted by Gasteiger charge is 2.15. The molecular weight excluding hydrogens is 387 g/mol. The van der Waals surface area contributed by atoms with Crippen LogP contribution >= 0.6 is 0 Å². The van der Waals surface area contributed by atoms with E-state index in [1.54, 1.807) is 24.3 Å². The van der Waals surface area contributed by atoms with Crippen LogP contribution in [0.5, 0.6) is 11.5 Å². The topological polar surface area (TPSA) is 110 Å². The molecule has 2 aromatic carbocycles. The molecule has 0 aliphatic rings. The summed E-state index contributed by atoms with van der Waals surface area (Å²) in [5.74, 6) is 0.150. The van der Waals surface area contributed by atoms with Crippen LogP contribution in [0.25, 0.3) is 0 Å². The molecule has 0 aliphatic heterocycles. The summed E-state index contributed by atoms with van der Waals surface area (Å²) in [5.41, 5.74) is 8.24. The molecule has 30 heavy (non-hydrogen) atoms.